The topological polar surface area (TPSA) is 29.3 Å². The van der Waals surface area contributed by atoms with Crippen molar-refractivity contribution in [1.82, 2.24) is 0 Å². The van der Waals surface area contributed by atoms with Gasteiger partial charge < -0.3 is 10.6 Å². The normalized spacial score (nSPS) is 12.8. The van der Waals surface area contributed by atoms with Gasteiger partial charge in [-0.3, -0.25) is 0 Å². The van der Waals surface area contributed by atoms with Crippen molar-refractivity contribution in [3.63, 3.8) is 0 Å². The monoisotopic (exact) mass is 252 g/mol. The van der Waals surface area contributed by atoms with Crippen LogP contribution in [-0.2, 0) is 0 Å². The first kappa shape index (κ1) is 14.4. The molecule has 0 aliphatic rings. The van der Waals surface area contributed by atoms with Crippen LogP contribution in [0.3, 0.4) is 0 Å². The highest BCUT2D eigenvalue weighted by molar-refractivity contribution is 7.99. The summed E-state index contributed by atoms with van der Waals surface area (Å²) >= 11 is 1.90. The number of hydrogen-bond acceptors (Lipinski definition) is 3. The molecule has 0 aliphatic heterocycles. The summed E-state index contributed by atoms with van der Waals surface area (Å²) in [5.41, 5.74) is 6.91. The number of nitrogens with zero attached hydrogens (tertiary/aromatic N) is 1. The lowest BCUT2D eigenvalue weighted by atomic mass is 10.1. The third-order valence-electron chi connectivity index (χ3n) is 2.64. The first-order chi connectivity index (χ1) is 8.02. The summed E-state index contributed by atoms with van der Waals surface area (Å²) in [6, 6.07) is 8.77. The first-order valence-corrected chi connectivity index (χ1v) is 7.08. The summed E-state index contributed by atoms with van der Waals surface area (Å²) in [5.74, 6) is 0.532. The molecule has 3 heteroatoms. The third-order valence-corrected chi connectivity index (χ3v) is 3.65. The van der Waals surface area contributed by atoms with E-state index in [2.05, 4.69) is 57.0 Å². The molecule has 0 saturated heterocycles. The molecule has 0 aromatic heterocycles. The molecule has 1 aromatic rings. The fourth-order valence-electron chi connectivity index (χ4n) is 1.70. The molecule has 1 rings (SSSR count). The van der Waals surface area contributed by atoms with Gasteiger partial charge in [0.2, 0.25) is 0 Å². The Balaban J connectivity index is 2.60. The summed E-state index contributed by atoms with van der Waals surface area (Å²) in [7, 11) is 2.12. The summed E-state index contributed by atoms with van der Waals surface area (Å²) in [4.78, 5) is 3.60. The van der Waals surface area contributed by atoms with Gasteiger partial charge in [-0.25, -0.2) is 0 Å². The molecule has 0 bridgehead atoms. The van der Waals surface area contributed by atoms with E-state index in [0.29, 0.717) is 11.2 Å². The zero-order valence-electron chi connectivity index (χ0n) is 11.3. The predicted molar refractivity (Wildman–Crippen MR) is 78.9 cm³/mol. The molecule has 0 fully saturated rings. The van der Waals surface area contributed by atoms with Crippen molar-refractivity contribution in [2.45, 2.75) is 30.9 Å². The number of rotatable bonds is 6. The lowest BCUT2D eigenvalue weighted by molar-refractivity contribution is 0.590. The van der Waals surface area contributed by atoms with E-state index in [9.17, 15) is 0 Å². The van der Waals surface area contributed by atoms with Gasteiger partial charge in [0.25, 0.3) is 0 Å². The van der Waals surface area contributed by atoms with Crippen molar-refractivity contribution in [2.75, 3.05) is 25.0 Å². The van der Waals surface area contributed by atoms with E-state index < -0.39 is 0 Å². The van der Waals surface area contributed by atoms with Gasteiger partial charge in [0.05, 0.1) is 0 Å². The average Bonchev–Trinajstić information content (AvgIpc) is 2.28. The van der Waals surface area contributed by atoms with Crippen molar-refractivity contribution in [2.24, 2.45) is 11.7 Å². The molecule has 0 heterocycles. The number of anilines is 1. The van der Waals surface area contributed by atoms with Crippen LogP contribution in [0.5, 0.6) is 0 Å². The van der Waals surface area contributed by atoms with Crippen LogP contribution in [0.15, 0.2) is 29.2 Å². The zero-order valence-corrected chi connectivity index (χ0v) is 12.1. The molecular weight excluding hydrogens is 228 g/mol. The lowest BCUT2D eigenvalue weighted by Crippen LogP contribution is -2.28. The summed E-state index contributed by atoms with van der Waals surface area (Å²) in [6.07, 6.45) is 0. The van der Waals surface area contributed by atoms with Gasteiger partial charge in [-0.2, -0.15) is 0 Å². The zero-order chi connectivity index (χ0) is 12.8. The minimum atomic E-state index is 0.532. The molecular formula is C14H24N2S. The van der Waals surface area contributed by atoms with Crippen LogP contribution in [0, 0.1) is 5.92 Å². The Morgan fingerprint density at radius 1 is 1.18 bits per heavy atom. The Bertz CT molecular complexity index is 321. The number of benzene rings is 1. The molecule has 0 radical (unpaired) electrons. The van der Waals surface area contributed by atoms with Gasteiger partial charge >= 0.3 is 0 Å². The van der Waals surface area contributed by atoms with E-state index in [0.717, 1.165) is 13.1 Å². The number of thioether (sulfide) groups is 1. The van der Waals surface area contributed by atoms with Crippen LogP contribution in [0.2, 0.25) is 0 Å². The Labute approximate surface area is 110 Å². The van der Waals surface area contributed by atoms with Crippen molar-refractivity contribution in [3.05, 3.63) is 24.3 Å². The maximum absolute atomic E-state index is 5.65. The van der Waals surface area contributed by atoms with Crippen LogP contribution in [0.25, 0.3) is 0 Å². The van der Waals surface area contributed by atoms with Gasteiger partial charge in [0.1, 0.15) is 0 Å². The predicted octanol–water partition coefficient (Wildman–Crippen LogP) is 3.22. The SMILES string of the molecule is CC(CN)CN(C)c1ccc(SC(C)C)cc1. The van der Waals surface area contributed by atoms with E-state index in [1.54, 1.807) is 0 Å². The standard InChI is InChI=1S/C14H24N2S/c1-11(2)17-14-7-5-13(6-8-14)16(4)10-12(3)9-15/h5-8,11-12H,9-10,15H2,1-4H3. The van der Waals surface area contributed by atoms with Gasteiger partial charge in [-0.1, -0.05) is 20.8 Å². The highest BCUT2D eigenvalue weighted by Crippen LogP contribution is 2.25. The minimum Gasteiger partial charge on any atom is -0.374 e. The average molecular weight is 252 g/mol. The van der Waals surface area contributed by atoms with Crippen molar-refractivity contribution in [3.8, 4) is 0 Å². The largest absolute Gasteiger partial charge is 0.374 e. The molecule has 1 unspecified atom stereocenters. The van der Waals surface area contributed by atoms with Crippen molar-refractivity contribution in [1.29, 1.82) is 0 Å². The molecule has 2 nitrogen and oxygen atoms in total. The first-order valence-electron chi connectivity index (χ1n) is 6.21. The maximum Gasteiger partial charge on any atom is 0.0364 e. The molecule has 1 aromatic carbocycles. The van der Waals surface area contributed by atoms with E-state index in [1.165, 1.54) is 10.6 Å². The van der Waals surface area contributed by atoms with Gasteiger partial charge in [-0.15, -0.1) is 11.8 Å². The fraction of sp³-hybridized carbons (Fsp3) is 0.571. The molecule has 1 atom stereocenters. The molecule has 0 amide bonds. The van der Waals surface area contributed by atoms with Gasteiger partial charge in [-0.05, 0) is 36.7 Å². The van der Waals surface area contributed by atoms with Crippen molar-refractivity contribution < 1.29 is 0 Å². The molecule has 96 valence electrons. The fourth-order valence-corrected chi connectivity index (χ4v) is 2.54. The van der Waals surface area contributed by atoms with Crippen LogP contribution in [-0.4, -0.2) is 25.4 Å². The lowest BCUT2D eigenvalue weighted by Gasteiger charge is -2.23. The Morgan fingerprint density at radius 2 is 1.76 bits per heavy atom. The summed E-state index contributed by atoms with van der Waals surface area (Å²) < 4.78 is 0. The van der Waals surface area contributed by atoms with E-state index in [4.69, 9.17) is 5.73 Å². The number of nitrogens with two attached hydrogens (primary N) is 1. The maximum atomic E-state index is 5.65. The van der Waals surface area contributed by atoms with E-state index >= 15 is 0 Å². The summed E-state index contributed by atoms with van der Waals surface area (Å²) in [5, 5.41) is 0.635. The van der Waals surface area contributed by atoms with Crippen molar-refractivity contribution >= 4 is 17.4 Å². The Kier molecular flexibility index (Phi) is 5.86. The highest BCUT2D eigenvalue weighted by atomic mass is 32.2. The quantitative estimate of drug-likeness (QED) is 0.788. The summed E-state index contributed by atoms with van der Waals surface area (Å²) in [6.45, 7) is 8.36. The second-order valence-corrected chi connectivity index (χ2v) is 6.53. The van der Waals surface area contributed by atoms with Gasteiger partial charge in [0, 0.05) is 29.4 Å². The Hall–Kier alpha value is -0.670. The third kappa shape index (κ3) is 5.00. The molecule has 0 saturated carbocycles. The Morgan fingerprint density at radius 3 is 2.24 bits per heavy atom. The highest BCUT2D eigenvalue weighted by Gasteiger charge is 2.06. The molecule has 0 spiro atoms. The van der Waals surface area contributed by atoms with Crippen LogP contribution in [0.1, 0.15) is 20.8 Å². The minimum absolute atomic E-state index is 0.532. The van der Waals surface area contributed by atoms with Gasteiger partial charge in [0.15, 0.2) is 0 Å². The van der Waals surface area contributed by atoms with Crippen LogP contribution < -0.4 is 10.6 Å². The van der Waals surface area contributed by atoms with E-state index in [1.807, 2.05) is 11.8 Å². The smallest absolute Gasteiger partial charge is 0.0364 e. The van der Waals surface area contributed by atoms with E-state index in [-0.39, 0.29) is 0 Å². The second-order valence-electron chi connectivity index (χ2n) is 4.88. The van der Waals surface area contributed by atoms with Crippen LogP contribution >= 0.6 is 11.8 Å². The second kappa shape index (κ2) is 6.92. The molecule has 0 aliphatic carbocycles. The van der Waals surface area contributed by atoms with Crippen LogP contribution in [0.4, 0.5) is 5.69 Å². The number of hydrogen-bond donors (Lipinski definition) is 1. The molecule has 2 N–H and O–H groups in total. The molecule has 17 heavy (non-hydrogen) atoms.